The summed E-state index contributed by atoms with van der Waals surface area (Å²) in [7, 11) is 0. The topological polar surface area (TPSA) is 86.7 Å². The van der Waals surface area contributed by atoms with E-state index in [1.54, 1.807) is 36.4 Å². The molecule has 2 aromatic carbocycles. The molecule has 0 heterocycles. The maximum atomic E-state index is 13.9. The van der Waals surface area contributed by atoms with Crippen LogP contribution < -0.4 is 9.47 Å². The molecule has 6 nitrogen and oxygen atoms in total. The Hall–Kier alpha value is -3.26. The molecular weight excluding hydrogens is 481 g/mol. The van der Waals surface area contributed by atoms with Gasteiger partial charge < -0.3 is 0 Å². The van der Waals surface area contributed by atoms with E-state index in [1.807, 2.05) is 27.7 Å². The Balaban J connectivity index is 2.65. The number of aryl methyl sites for hydroxylation is 2. The zero-order valence-electron chi connectivity index (χ0n) is 19.4. The number of hydrogen-bond acceptors (Lipinski definition) is 6. The molecule has 172 valence electrons. The number of benzene rings is 2. The van der Waals surface area contributed by atoms with Crippen LogP contribution in [-0.2, 0) is 9.59 Å². The second-order valence-electron chi connectivity index (χ2n) is 7.70. The van der Waals surface area contributed by atoms with Gasteiger partial charge in [-0.25, -0.2) is 0 Å². The van der Waals surface area contributed by atoms with Gasteiger partial charge in [0.15, 0.2) is 0 Å². The molecule has 0 saturated heterocycles. The Labute approximate surface area is 196 Å². The van der Waals surface area contributed by atoms with Crippen molar-refractivity contribution in [2.24, 2.45) is 0 Å². The molecule has 33 heavy (non-hydrogen) atoms. The molecule has 0 N–H and O–H groups in total. The monoisotopic (exact) mass is 510 g/mol. The Kier molecular flexibility index (Phi) is 8.71. The van der Waals surface area contributed by atoms with E-state index in [0.717, 1.165) is 23.3 Å². The van der Waals surface area contributed by atoms with Crippen molar-refractivity contribution in [3.05, 3.63) is 84.0 Å². The summed E-state index contributed by atoms with van der Waals surface area (Å²) in [5.41, 5.74) is 2.00. The molecule has 0 bridgehead atoms. The van der Waals surface area contributed by atoms with Crippen LogP contribution in [0.4, 0.5) is 0 Å². The van der Waals surface area contributed by atoms with Crippen LogP contribution in [0.3, 0.4) is 0 Å². The van der Waals surface area contributed by atoms with Gasteiger partial charge in [-0.1, -0.05) is 0 Å². The number of ether oxygens (including phenoxy) is 2. The van der Waals surface area contributed by atoms with E-state index in [9.17, 15) is 19.2 Å². The average molecular weight is 509 g/mol. The molecule has 0 atom stereocenters. The number of carbonyl (C=O) groups is 4. The van der Waals surface area contributed by atoms with Gasteiger partial charge in [-0.15, -0.1) is 0 Å². The molecule has 0 amide bonds. The number of hydrogen-bond donors (Lipinski definition) is 0. The Morgan fingerprint density at radius 1 is 0.758 bits per heavy atom. The molecule has 0 saturated carbocycles. The van der Waals surface area contributed by atoms with Crippen molar-refractivity contribution in [2.75, 3.05) is 0 Å². The summed E-state index contributed by atoms with van der Waals surface area (Å²) < 4.78 is 10.1. The zero-order chi connectivity index (χ0) is 24.8. The number of rotatable bonds is 10. The second-order valence-corrected chi connectivity index (χ2v) is 17.1. The quantitative estimate of drug-likeness (QED) is 0.191. The predicted molar refractivity (Wildman–Crippen MR) is 129 cm³/mol. The van der Waals surface area contributed by atoms with Crippen LogP contribution in [0.15, 0.2) is 61.7 Å². The first kappa shape index (κ1) is 26.0. The Morgan fingerprint density at radius 3 is 1.42 bits per heavy atom. The van der Waals surface area contributed by atoms with E-state index in [-0.39, 0.29) is 31.9 Å². The molecule has 0 unspecified atom stereocenters. The number of esters is 2. The average Bonchev–Trinajstić information content (AvgIpc) is 2.80. The van der Waals surface area contributed by atoms with Crippen molar-refractivity contribution < 1.29 is 28.7 Å². The molecule has 2 rings (SSSR count). The Morgan fingerprint density at radius 2 is 1.12 bits per heavy atom. The fraction of sp³-hybridized carbons (Fsp3) is 0.231. The predicted octanol–water partition coefficient (Wildman–Crippen LogP) is 5.12. The van der Waals surface area contributed by atoms with Crippen molar-refractivity contribution in [3.63, 3.8) is 0 Å². The third-order valence-corrected chi connectivity index (χ3v) is 15.4. The molecule has 0 aromatic heterocycles. The minimum atomic E-state index is -4.03. The maximum absolute atomic E-state index is 13.9. The van der Waals surface area contributed by atoms with Crippen LogP contribution in [0.2, 0.25) is 10.5 Å². The first-order valence-corrected chi connectivity index (χ1v) is 15.7. The van der Waals surface area contributed by atoms with Gasteiger partial charge in [0.25, 0.3) is 0 Å². The van der Waals surface area contributed by atoms with Crippen LogP contribution >= 0.6 is 0 Å². The second kappa shape index (κ2) is 11.1. The van der Waals surface area contributed by atoms with E-state index in [4.69, 9.17) is 9.47 Å². The van der Waals surface area contributed by atoms with Crippen LogP contribution in [-0.4, -0.2) is 34.4 Å². The summed E-state index contributed by atoms with van der Waals surface area (Å²) >= 11 is -4.03. The van der Waals surface area contributed by atoms with Crippen molar-refractivity contribution in [2.45, 2.75) is 38.2 Å². The summed E-state index contributed by atoms with van der Waals surface area (Å²) in [6, 6.07) is 9.86. The van der Waals surface area contributed by atoms with E-state index in [1.165, 1.54) is 0 Å². The summed E-state index contributed by atoms with van der Waals surface area (Å²) in [5.74, 6) is -1.16. The van der Waals surface area contributed by atoms with Crippen LogP contribution in [0.5, 0.6) is 11.5 Å². The van der Waals surface area contributed by atoms with Crippen LogP contribution in [0.1, 0.15) is 45.7 Å². The van der Waals surface area contributed by atoms with Gasteiger partial charge in [0.05, 0.1) is 0 Å². The summed E-state index contributed by atoms with van der Waals surface area (Å²) in [4.78, 5) is 51.6. The van der Waals surface area contributed by atoms with Crippen molar-refractivity contribution in [3.8, 4) is 11.5 Å². The van der Waals surface area contributed by atoms with Gasteiger partial charge in [-0.2, -0.15) is 0 Å². The van der Waals surface area contributed by atoms with Crippen molar-refractivity contribution >= 4 is 34.4 Å². The SMILES string of the molecule is C=CC(=O)Oc1cc(C)ccc1[C](=O)[Ge]([CH2]C)([CH2]C)[C](=O)c1ccc(C)cc1OC(=O)C=C. The summed E-state index contributed by atoms with van der Waals surface area (Å²) in [5, 5.41) is 0.749. The fourth-order valence-corrected chi connectivity index (χ4v) is 10.8. The van der Waals surface area contributed by atoms with E-state index in [0.29, 0.717) is 10.5 Å². The van der Waals surface area contributed by atoms with E-state index < -0.39 is 25.2 Å². The molecule has 0 aliphatic heterocycles. The van der Waals surface area contributed by atoms with Crippen LogP contribution in [0, 0.1) is 13.8 Å². The standard InChI is InChI=1S/C26H28GeO6/c1-7-23(28)32-21-15-17(5)11-13-19(21)25(30)27(9-3,10-4)26(31)20-14-12-18(6)16-22(20)33-24(29)8-2/h7-8,11-16H,1-2,9-10H2,3-6H3. The van der Waals surface area contributed by atoms with Gasteiger partial charge >= 0.3 is 197 Å². The molecule has 0 spiro atoms. The third kappa shape index (κ3) is 5.57. The van der Waals surface area contributed by atoms with Gasteiger partial charge in [0.1, 0.15) is 0 Å². The molecule has 7 heteroatoms. The molecule has 0 aliphatic carbocycles. The third-order valence-electron chi connectivity index (χ3n) is 5.59. The van der Waals surface area contributed by atoms with Gasteiger partial charge in [-0.3, -0.25) is 0 Å². The minimum absolute atomic E-state index is 0.108. The summed E-state index contributed by atoms with van der Waals surface area (Å²) in [6.45, 7) is 14.1. The molecule has 2 aromatic rings. The molecule has 0 radical (unpaired) electrons. The molecule has 0 aliphatic rings. The van der Waals surface area contributed by atoms with Gasteiger partial charge in [0, 0.05) is 0 Å². The normalized spacial score (nSPS) is 10.8. The van der Waals surface area contributed by atoms with Crippen LogP contribution in [0.25, 0.3) is 0 Å². The van der Waals surface area contributed by atoms with Crippen molar-refractivity contribution in [1.82, 2.24) is 0 Å². The fourth-order valence-electron chi connectivity index (χ4n) is 3.61. The van der Waals surface area contributed by atoms with Gasteiger partial charge in [-0.05, 0) is 0 Å². The molecule has 0 fully saturated rings. The molecular formula is C26H28GeO6. The summed E-state index contributed by atoms with van der Waals surface area (Å²) in [6.07, 6.45) is 2.03. The number of carbonyl (C=O) groups excluding carboxylic acids is 4. The van der Waals surface area contributed by atoms with E-state index in [2.05, 4.69) is 13.2 Å². The zero-order valence-corrected chi connectivity index (χ0v) is 21.5. The Bertz CT molecular complexity index is 1040. The van der Waals surface area contributed by atoms with E-state index >= 15 is 0 Å². The first-order chi connectivity index (χ1) is 15.6. The van der Waals surface area contributed by atoms with Crippen molar-refractivity contribution in [1.29, 1.82) is 0 Å². The van der Waals surface area contributed by atoms with Gasteiger partial charge in [0.2, 0.25) is 0 Å². The first-order valence-electron chi connectivity index (χ1n) is 10.6.